The molecule has 0 aliphatic carbocycles. The monoisotopic (exact) mass is 273 g/mol. The number of aryl methyl sites for hydroxylation is 1. The largest absolute Gasteiger partial charge is 0.496 e. The first kappa shape index (κ1) is 14.5. The van der Waals surface area contributed by atoms with Gasteiger partial charge in [-0.15, -0.1) is 0 Å². The number of ketones is 1. The highest BCUT2D eigenvalue weighted by Crippen LogP contribution is 2.30. The van der Waals surface area contributed by atoms with Crippen molar-refractivity contribution in [2.45, 2.75) is 38.2 Å². The highest BCUT2D eigenvalue weighted by atomic mass is 16.5. The van der Waals surface area contributed by atoms with E-state index in [0.717, 1.165) is 18.4 Å². The molecule has 1 aromatic carbocycles. The molecule has 1 aliphatic rings. The van der Waals surface area contributed by atoms with Gasteiger partial charge in [-0.2, -0.15) is 5.26 Å². The normalized spacial score (nSPS) is 19.9. The zero-order valence-corrected chi connectivity index (χ0v) is 11.9. The maximum atomic E-state index is 12.5. The Morgan fingerprint density at radius 2 is 2.30 bits per heavy atom. The topological polar surface area (TPSA) is 59.3 Å². The number of hydrogen-bond acceptors (Lipinski definition) is 4. The Morgan fingerprint density at radius 3 is 2.90 bits per heavy atom. The highest BCUT2D eigenvalue weighted by molar-refractivity contribution is 5.92. The van der Waals surface area contributed by atoms with Gasteiger partial charge in [-0.1, -0.05) is 17.7 Å². The predicted octanol–water partition coefficient (Wildman–Crippen LogP) is 2.75. The van der Waals surface area contributed by atoms with Crippen LogP contribution < -0.4 is 4.74 Å². The summed E-state index contributed by atoms with van der Waals surface area (Å²) < 4.78 is 10.8. The molecule has 0 radical (unpaired) electrons. The minimum absolute atomic E-state index is 0.156. The molecule has 0 amide bonds. The summed E-state index contributed by atoms with van der Waals surface area (Å²) >= 11 is 0. The maximum Gasteiger partial charge on any atom is 0.183 e. The lowest BCUT2D eigenvalue weighted by molar-refractivity contribution is -0.133. The van der Waals surface area contributed by atoms with Crippen LogP contribution in [0.4, 0.5) is 0 Å². The van der Waals surface area contributed by atoms with E-state index < -0.39 is 12.0 Å². The Balaban J connectivity index is 2.30. The van der Waals surface area contributed by atoms with Gasteiger partial charge >= 0.3 is 0 Å². The first-order chi connectivity index (χ1) is 9.67. The summed E-state index contributed by atoms with van der Waals surface area (Å²) in [7, 11) is 1.55. The molecule has 2 unspecified atom stereocenters. The lowest BCUT2D eigenvalue weighted by Gasteiger charge is -2.24. The first-order valence-electron chi connectivity index (χ1n) is 6.87. The number of rotatable bonds is 4. The van der Waals surface area contributed by atoms with Gasteiger partial charge in [0.15, 0.2) is 5.78 Å². The van der Waals surface area contributed by atoms with Gasteiger partial charge in [-0.25, -0.2) is 0 Å². The van der Waals surface area contributed by atoms with Crippen molar-refractivity contribution in [2.24, 2.45) is 0 Å². The number of carbonyl (C=O) groups excluding carboxylic acids is 1. The third kappa shape index (κ3) is 3.00. The number of nitriles is 1. The zero-order valence-electron chi connectivity index (χ0n) is 11.9. The van der Waals surface area contributed by atoms with Gasteiger partial charge in [0, 0.05) is 12.2 Å². The van der Waals surface area contributed by atoms with Crippen LogP contribution in [0.5, 0.6) is 5.75 Å². The van der Waals surface area contributed by atoms with Crippen molar-refractivity contribution < 1.29 is 14.3 Å². The third-order valence-electron chi connectivity index (χ3n) is 3.61. The summed E-state index contributed by atoms with van der Waals surface area (Å²) in [6.45, 7) is 2.53. The molecule has 4 nitrogen and oxygen atoms in total. The number of nitrogens with zero attached hydrogens (tertiary/aromatic N) is 1. The van der Waals surface area contributed by atoms with Gasteiger partial charge < -0.3 is 9.47 Å². The molecule has 0 aromatic heterocycles. The van der Waals surface area contributed by atoms with Gasteiger partial charge in [0.25, 0.3) is 0 Å². The molecule has 0 spiro atoms. The number of methoxy groups -OCH3 is 1. The molecule has 0 bridgehead atoms. The van der Waals surface area contributed by atoms with Crippen LogP contribution in [0.1, 0.15) is 36.3 Å². The molecular weight excluding hydrogens is 254 g/mol. The Morgan fingerprint density at radius 1 is 1.50 bits per heavy atom. The van der Waals surface area contributed by atoms with E-state index >= 15 is 0 Å². The maximum absolute atomic E-state index is 12.5. The quantitative estimate of drug-likeness (QED) is 0.846. The van der Waals surface area contributed by atoms with Crippen LogP contribution in [-0.2, 0) is 9.53 Å². The van der Waals surface area contributed by atoms with Crippen molar-refractivity contribution in [3.05, 3.63) is 29.3 Å². The van der Waals surface area contributed by atoms with Crippen LogP contribution in [0.15, 0.2) is 18.2 Å². The van der Waals surface area contributed by atoms with Gasteiger partial charge in [0.05, 0.1) is 13.2 Å². The molecule has 2 rings (SSSR count). The lowest BCUT2D eigenvalue weighted by atomic mass is 9.89. The van der Waals surface area contributed by atoms with Crippen LogP contribution in [0.2, 0.25) is 0 Å². The minimum Gasteiger partial charge on any atom is -0.496 e. The second-order valence-electron chi connectivity index (χ2n) is 5.07. The van der Waals surface area contributed by atoms with E-state index in [1.54, 1.807) is 13.2 Å². The fourth-order valence-corrected chi connectivity index (χ4v) is 2.52. The van der Waals surface area contributed by atoms with Gasteiger partial charge in [-0.3, -0.25) is 4.79 Å². The van der Waals surface area contributed by atoms with Crippen LogP contribution >= 0.6 is 0 Å². The Hall–Kier alpha value is -1.86. The van der Waals surface area contributed by atoms with Crippen LogP contribution in [-0.4, -0.2) is 25.6 Å². The van der Waals surface area contributed by atoms with Crippen LogP contribution in [0, 0.1) is 18.3 Å². The average Bonchev–Trinajstić information content (AvgIpc) is 2.49. The molecular formula is C16H19NO3. The second kappa shape index (κ2) is 6.53. The summed E-state index contributed by atoms with van der Waals surface area (Å²) in [4.78, 5) is 12.5. The molecule has 4 heteroatoms. The molecule has 0 N–H and O–H groups in total. The molecule has 20 heavy (non-hydrogen) atoms. The van der Waals surface area contributed by atoms with Crippen molar-refractivity contribution in [3.63, 3.8) is 0 Å². The number of benzene rings is 1. The van der Waals surface area contributed by atoms with Gasteiger partial charge in [0.1, 0.15) is 17.8 Å². The number of Topliss-reactive ketones (excluding diaryl/α,β-unsaturated/α-hetero) is 1. The highest BCUT2D eigenvalue weighted by Gasteiger charge is 2.32. The van der Waals surface area contributed by atoms with Gasteiger partial charge in [-0.05, 0) is 32.3 Å². The summed E-state index contributed by atoms with van der Waals surface area (Å²) in [6, 6.07) is 7.65. The molecule has 0 saturated carbocycles. The molecule has 106 valence electrons. The third-order valence-corrected chi connectivity index (χ3v) is 3.61. The molecule has 1 heterocycles. The number of ether oxygens (including phenoxy) is 2. The van der Waals surface area contributed by atoms with E-state index in [1.165, 1.54) is 0 Å². The number of carbonyl (C=O) groups is 1. The molecule has 2 atom stereocenters. The van der Waals surface area contributed by atoms with E-state index in [1.807, 2.05) is 19.1 Å². The van der Waals surface area contributed by atoms with Crippen LogP contribution in [0.3, 0.4) is 0 Å². The first-order valence-corrected chi connectivity index (χ1v) is 6.87. The summed E-state index contributed by atoms with van der Waals surface area (Å²) in [5.74, 6) is -0.407. The fraction of sp³-hybridized carbons (Fsp3) is 0.500. The Labute approximate surface area is 119 Å². The lowest BCUT2D eigenvalue weighted by Crippen LogP contribution is -2.32. The van der Waals surface area contributed by atoms with Crippen molar-refractivity contribution >= 4 is 5.78 Å². The van der Waals surface area contributed by atoms with Crippen LogP contribution in [0.25, 0.3) is 0 Å². The number of hydrogen-bond donors (Lipinski definition) is 0. The molecule has 1 saturated heterocycles. The minimum atomic E-state index is -0.826. The summed E-state index contributed by atoms with van der Waals surface area (Å²) in [5.41, 5.74) is 1.63. The fourth-order valence-electron chi connectivity index (χ4n) is 2.52. The standard InChI is InChI=1S/C16H19NO3/c1-11-6-7-14(19-2)12(9-11)13(10-17)16(18)15-5-3-4-8-20-15/h6-7,9,13,15H,3-5,8H2,1-2H3. The van der Waals surface area contributed by atoms with E-state index in [-0.39, 0.29) is 5.78 Å². The summed E-state index contributed by atoms with van der Waals surface area (Å²) in [5, 5.41) is 9.41. The van der Waals surface area contributed by atoms with Crippen molar-refractivity contribution in [3.8, 4) is 11.8 Å². The average molecular weight is 273 g/mol. The Bertz CT molecular complexity index is 527. The predicted molar refractivity (Wildman–Crippen MR) is 74.7 cm³/mol. The van der Waals surface area contributed by atoms with E-state index in [0.29, 0.717) is 24.3 Å². The van der Waals surface area contributed by atoms with E-state index in [4.69, 9.17) is 9.47 Å². The van der Waals surface area contributed by atoms with Crippen molar-refractivity contribution in [2.75, 3.05) is 13.7 Å². The van der Waals surface area contributed by atoms with Gasteiger partial charge in [0.2, 0.25) is 0 Å². The molecule has 1 aromatic rings. The summed E-state index contributed by atoms with van der Waals surface area (Å²) in [6.07, 6.45) is 2.19. The smallest absolute Gasteiger partial charge is 0.183 e. The molecule has 1 fully saturated rings. The van der Waals surface area contributed by atoms with Crippen molar-refractivity contribution in [1.82, 2.24) is 0 Å². The van der Waals surface area contributed by atoms with E-state index in [9.17, 15) is 10.1 Å². The Kier molecular flexibility index (Phi) is 4.75. The SMILES string of the molecule is COc1ccc(C)cc1C(C#N)C(=O)C1CCCCO1. The zero-order chi connectivity index (χ0) is 14.5. The van der Waals surface area contributed by atoms with E-state index in [2.05, 4.69) is 6.07 Å². The molecule has 1 aliphatic heterocycles. The second-order valence-corrected chi connectivity index (χ2v) is 5.07. The van der Waals surface area contributed by atoms with Crippen molar-refractivity contribution in [1.29, 1.82) is 5.26 Å².